The number of carbonyl (C=O) groups is 1. The molecule has 0 aromatic heterocycles. The molecule has 0 amide bonds. The molecule has 0 unspecified atom stereocenters. The van der Waals surface area contributed by atoms with E-state index in [1.165, 1.54) is 0 Å². The van der Waals surface area contributed by atoms with Crippen molar-refractivity contribution >= 4 is 21.7 Å². The number of ether oxygens (including phenoxy) is 3. The zero-order valence-corrected chi connectivity index (χ0v) is 29.2. The summed E-state index contributed by atoms with van der Waals surface area (Å²) in [5.74, 6) is 0.760. The molecule has 0 radical (unpaired) electrons. The lowest BCUT2D eigenvalue weighted by molar-refractivity contribution is 0.0472. The molecule has 0 saturated carbocycles. The summed E-state index contributed by atoms with van der Waals surface area (Å²) in [6, 6.07) is 35.6. The Kier molecular flexibility index (Phi) is 12.3. The van der Waals surface area contributed by atoms with E-state index >= 15 is 0 Å². The predicted molar refractivity (Wildman–Crippen MR) is 196 cm³/mol. The summed E-state index contributed by atoms with van der Waals surface area (Å²) < 4.78 is 44.0. The number of hydrogen-bond acceptors (Lipinski definition) is 8. The van der Waals surface area contributed by atoms with Gasteiger partial charge in [0, 0.05) is 13.1 Å². The number of aryl methyl sites for hydroxylation is 2. The summed E-state index contributed by atoms with van der Waals surface area (Å²) in [4.78, 5) is 12.5. The van der Waals surface area contributed by atoms with Crippen LogP contribution in [0.3, 0.4) is 0 Å². The lowest BCUT2D eigenvalue weighted by Gasteiger charge is -2.18. The number of sulfonamides is 1. The first-order chi connectivity index (χ1) is 24.1. The van der Waals surface area contributed by atoms with E-state index in [4.69, 9.17) is 14.2 Å². The Morgan fingerprint density at radius 2 is 1.42 bits per heavy atom. The zero-order valence-electron chi connectivity index (χ0n) is 28.4. The first kappa shape index (κ1) is 36.1. The highest BCUT2D eigenvalue weighted by Crippen LogP contribution is 2.32. The average molecular weight is 695 g/mol. The van der Waals surface area contributed by atoms with Gasteiger partial charge in [-0.15, -0.1) is 0 Å². The van der Waals surface area contributed by atoms with Gasteiger partial charge in [0.1, 0.15) is 31.3 Å². The Labute approximate surface area is 293 Å². The van der Waals surface area contributed by atoms with E-state index in [-0.39, 0.29) is 31.4 Å². The summed E-state index contributed by atoms with van der Waals surface area (Å²) in [5, 5.41) is 14.1. The molecule has 9 nitrogen and oxygen atoms in total. The van der Waals surface area contributed by atoms with Crippen LogP contribution in [0.5, 0.6) is 11.5 Å². The molecule has 5 aromatic carbocycles. The molecule has 0 aliphatic heterocycles. The Bertz CT molecular complexity index is 1980. The maximum absolute atomic E-state index is 12.5. The fraction of sp³-hybridized carbons (Fsp3) is 0.225. The van der Waals surface area contributed by atoms with Gasteiger partial charge in [-0.3, -0.25) is 4.72 Å². The number of esters is 1. The SMILES string of the molecule is Cc1cc(-c2ccc(C(=O)OCc3ccccc3)cc2)c(C)cc1OCCNC[C@@H](O)c1ccc(OCc2ccccc2)c(NS(C)(=O)=O)c1. The van der Waals surface area contributed by atoms with Crippen LogP contribution in [0.25, 0.3) is 11.1 Å². The summed E-state index contributed by atoms with van der Waals surface area (Å²) in [6.45, 7) is 5.58. The number of aliphatic hydroxyl groups excluding tert-OH is 1. The van der Waals surface area contributed by atoms with Gasteiger partial charge in [0.15, 0.2) is 0 Å². The highest BCUT2D eigenvalue weighted by Gasteiger charge is 2.15. The van der Waals surface area contributed by atoms with Crippen molar-refractivity contribution in [3.05, 3.63) is 149 Å². The quantitative estimate of drug-likeness (QED) is 0.0747. The Morgan fingerprint density at radius 3 is 2.08 bits per heavy atom. The van der Waals surface area contributed by atoms with Crippen LogP contribution in [-0.4, -0.2) is 45.4 Å². The van der Waals surface area contributed by atoms with Crippen molar-refractivity contribution in [2.45, 2.75) is 33.2 Å². The van der Waals surface area contributed by atoms with Crippen LogP contribution in [-0.2, 0) is 28.0 Å². The Morgan fingerprint density at radius 1 is 0.760 bits per heavy atom. The lowest BCUT2D eigenvalue weighted by atomic mass is 9.97. The van der Waals surface area contributed by atoms with Gasteiger partial charge < -0.3 is 24.6 Å². The maximum Gasteiger partial charge on any atom is 0.338 e. The van der Waals surface area contributed by atoms with E-state index in [1.807, 2.05) is 92.7 Å². The number of benzene rings is 5. The maximum atomic E-state index is 12.5. The first-order valence-electron chi connectivity index (χ1n) is 16.3. The van der Waals surface area contributed by atoms with E-state index in [1.54, 1.807) is 30.3 Å². The summed E-state index contributed by atoms with van der Waals surface area (Å²) in [6.07, 6.45) is 0.180. The van der Waals surface area contributed by atoms with Crippen molar-refractivity contribution in [1.82, 2.24) is 5.32 Å². The second-order valence-electron chi connectivity index (χ2n) is 12.0. The number of hydrogen-bond donors (Lipinski definition) is 3. The van der Waals surface area contributed by atoms with E-state index < -0.39 is 16.1 Å². The Balaban J connectivity index is 1.11. The number of nitrogens with one attached hydrogen (secondary N) is 2. The predicted octanol–water partition coefficient (Wildman–Crippen LogP) is 6.98. The van der Waals surface area contributed by atoms with E-state index in [0.717, 1.165) is 45.4 Å². The van der Waals surface area contributed by atoms with Gasteiger partial charge in [0.05, 0.1) is 23.6 Å². The molecule has 0 aliphatic rings. The molecule has 0 bridgehead atoms. The van der Waals surface area contributed by atoms with Crippen LogP contribution in [0, 0.1) is 13.8 Å². The third kappa shape index (κ3) is 10.4. The molecule has 3 N–H and O–H groups in total. The molecule has 260 valence electrons. The second-order valence-corrected chi connectivity index (χ2v) is 13.8. The first-order valence-corrected chi connectivity index (χ1v) is 18.2. The van der Waals surface area contributed by atoms with Crippen molar-refractivity contribution in [2.75, 3.05) is 30.7 Å². The molecule has 5 rings (SSSR count). The van der Waals surface area contributed by atoms with Gasteiger partial charge in [-0.25, -0.2) is 13.2 Å². The zero-order chi connectivity index (χ0) is 35.5. The second kappa shape index (κ2) is 17.0. The topological polar surface area (TPSA) is 123 Å². The number of carbonyl (C=O) groups excluding carboxylic acids is 1. The van der Waals surface area contributed by atoms with Crippen molar-refractivity contribution in [3.8, 4) is 22.6 Å². The molecular weight excluding hydrogens is 653 g/mol. The van der Waals surface area contributed by atoms with Gasteiger partial charge in [0.25, 0.3) is 0 Å². The fourth-order valence-electron chi connectivity index (χ4n) is 5.33. The van der Waals surface area contributed by atoms with Crippen LogP contribution in [0.1, 0.15) is 44.3 Å². The van der Waals surface area contributed by atoms with Crippen molar-refractivity contribution in [2.24, 2.45) is 0 Å². The van der Waals surface area contributed by atoms with Gasteiger partial charge in [-0.05, 0) is 89.2 Å². The van der Waals surface area contributed by atoms with E-state index in [2.05, 4.69) is 16.1 Å². The minimum atomic E-state index is -3.58. The standard InChI is InChI=1S/C40H42N2O7S/c1-28-23-39(29(2)22-35(28)32-14-16-33(17-15-32)40(44)49-27-31-12-8-5-9-13-31)47-21-20-41-25-37(43)34-18-19-38(36(24-34)42-50(3,45)46)48-26-30-10-6-4-7-11-30/h4-19,22-24,37,41-43H,20-21,25-27H2,1-3H3/t37-/m1/s1. The van der Waals surface area contributed by atoms with Crippen LogP contribution in [0.2, 0.25) is 0 Å². The summed E-state index contributed by atoms with van der Waals surface area (Å²) >= 11 is 0. The highest BCUT2D eigenvalue weighted by atomic mass is 32.2. The summed E-state index contributed by atoms with van der Waals surface area (Å²) in [5.41, 5.74) is 7.20. The number of rotatable bonds is 16. The molecule has 1 atom stereocenters. The van der Waals surface area contributed by atoms with Gasteiger partial charge in [-0.1, -0.05) is 78.9 Å². The number of aliphatic hydroxyl groups is 1. The molecule has 50 heavy (non-hydrogen) atoms. The van der Waals surface area contributed by atoms with Crippen LogP contribution in [0.4, 0.5) is 5.69 Å². The highest BCUT2D eigenvalue weighted by molar-refractivity contribution is 7.92. The third-order valence-electron chi connectivity index (χ3n) is 7.96. The minimum Gasteiger partial charge on any atom is -0.492 e. The molecule has 0 fully saturated rings. The molecule has 5 aromatic rings. The van der Waals surface area contributed by atoms with Crippen molar-refractivity contribution in [1.29, 1.82) is 0 Å². The molecular formula is C40H42N2O7S. The summed E-state index contributed by atoms with van der Waals surface area (Å²) in [7, 11) is -3.58. The number of anilines is 1. The van der Waals surface area contributed by atoms with Gasteiger partial charge in [0.2, 0.25) is 10.0 Å². The van der Waals surface area contributed by atoms with E-state index in [0.29, 0.717) is 30.0 Å². The average Bonchev–Trinajstić information content (AvgIpc) is 3.11. The van der Waals surface area contributed by atoms with Crippen molar-refractivity contribution in [3.63, 3.8) is 0 Å². The van der Waals surface area contributed by atoms with Gasteiger partial charge in [-0.2, -0.15) is 0 Å². The normalized spacial score (nSPS) is 11.8. The van der Waals surface area contributed by atoms with Crippen LogP contribution in [0.15, 0.2) is 115 Å². The fourth-order valence-corrected chi connectivity index (χ4v) is 5.89. The van der Waals surface area contributed by atoms with Gasteiger partial charge >= 0.3 is 5.97 Å². The van der Waals surface area contributed by atoms with Crippen LogP contribution < -0.4 is 19.5 Å². The molecule has 0 heterocycles. The van der Waals surface area contributed by atoms with Crippen LogP contribution >= 0.6 is 0 Å². The molecule has 0 aliphatic carbocycles. The minimum absolute atomic E-state index is 0.225. The Hall–Kier alpha value is -5.16. The molecule has 10 heteroatoms. The smallest absolute Gasteiger partial charge is 0.338 e. The third-order valence-corrected chi connectivity index (χ3v) is 8.55. The molecule has 0 spiro atoms. The lowest BCUT2D eigenvalue weighted by Crippen LogP contribution is -2.26. The monoisotopic (exact) mass is 694 g/mol. The largest absolute Gasteiger partial charge is 0.492 e. The van der Waals surface area contributed by atoms with Crippen molar-refractivity contribution < 1.29 is 32.5 Å². The van der Waals surface area contributed by atoms with E-state index in [9.17, 15) is 18.3 Å². The molecule has 0 saturated heterocycles.